The van der Waals surface area contributed by atoms with E-state index in [4.69, 9.17) is 11.6 Å². The summed E-state index contributed by atoms with van der Waals surface area (Å²) in [4.78, 5) is 27.6. The van der Waals surface area contributed by atoms with Crippen LogP contribution >= 0.6 is 11.6 Å². The van der Waals surface area contributed by atoms with Crippen LogP contribution in [0.5, 0.6) is 0 Å². The zero-order valence-electron chi connectivity index (χ0n) is 18.9. The van der Waals surface area contributed by atoms with Gasteiger partial charge in [0.1, 0.15) is 18.4 Å². The van der Waals surface area contributed by atoms with E-state index in [2.05, 4.69) is 5.32 Å². The third-order valence-corrected chi connectivity index (χ3v) is 6.52. The van der Waals surface area contributed by atoms with Gasteiger partial charge in [-0.3, -0.25) is 13.9 Å². The van der Waals surface area contributed by atoms with Crippen molar-refractivity contribution in [3.05, 3.63) is 64.9 Å². The predicted molar refractivity (Wildman–Crippen MR) is 128 cm³/mol. The number of sulfonamides is 1. The number of hydrogen-bond donors (Lipinski definition) is 1. The zero-order valence-corrected chi connectivity index (χ0v) is 20.5. The Kier molecular flexibility index (Phi) is 9.67. The summed E-state index contributed by atoms with van der Waals surface area (Å²) in [5.41, 5.74) is 0.637. The Morgan fingerprint density at radius 3 is 2.39 bits per heavy atom. The van der Waals surface area contributed by atoms with E-state index >= 15 is 0 Å². The van der Waals surface area contributed by atoms with Crippen LogP contribution in [0.1, 0.15) is 32.3 Å². The van der Waals surface area contributed by atoms with Gasteiger partial charge in [0.2, 0.25) is 21.8 Å². The molecular formula is C23H29ClFN3O4S. The Morgan fingerprint density at radius 2 is 1.82 bits per heavy atom. The number of carbonyl (C=O) groups excluding carboxylic acids is 2. The number of anilines is 1. The Labute approximate surface area is 199 Å². The first-order chi connectivity index (χ1) is 15.6. The molecule has 0 fully saturated rings. The maximum absolute atomic E-state index is 13.8. The number of nitrogens with one attached hydrogen (secondary N) is 1. The second-order valence-corrected chi connectivity index (χ2v) is 9.89. The number of hydrogen-bond acceptors (Lipinski definition) is 4. The van der Waals surface area contributed by atoms with Crippen LogP contribution in [0.2, 0.25) is 5.02 Å². The molecule has 2 amide bonds. The highest BCUT2D eigenvalue weighted by Gasteiger charge is 2.32. The first-order valence-corrected chi connectivity index (χ1v) is 12.8. The normalized spacial score (nSPS) is 12.2. The standard InChI is InChI=1S/C23H29ClFN3O4S/c1-4-13-26-23(30)21(5-2)27(15-17-9-6-7-12-20(17)24)22(29)16-28(33(3,31)32)19-11-8-10-18(25)14-19/h6-12,14,21H,4-5,13,15-16H2,1-3H3,(H,26,30). The molecule has 180 valence electrons. The topological polar surface area (TPSA) is 86.8 Å². The third kappa shape index (κ3) is 7.43. The minimum Gasteiger partial charge on any atom is -0.354 e. The van der Waals surface area contributed by atoms with Crippen molar-refractivity contribution in [2.45, 2.75) is 39.3 Å². The predicted octanol–water partition coefficient (Wildman–Crippen LogP) is 3.58. The molecule has 0 bridgehead atoms. The van der Waals surface area contributed by atoms with E-state index in [0.717, 1.165) is 23.0 Å². The number of benzene rings is 2. The molecule has 1 atom stereocenters. The van der Waals surface area contributed by atoms with Gasteiger partial charge in [-0.05, 0) is 42.7 Å². The fourth-order valence-corrected chi connectivity index (χ4v) is 4.38. The summed E-state index contributed by atoms with van der Waals surface area (Å²) in [7, 11) is -3.92. The molecule has 2 aromatic rings. The average molecular weight is 498 g/mol. The molecule has 7 nitrogen and oxygen atoms in total. The van der Waals surface area contributed by atoms with Crippen LogP contribution in [0.15, 0.2) is 48.5 Å². The van der Waals surface area contributed by atoms with Crippen molar-refractivity contribution in [3.63, 3.8) is 0 Å². The van der Waals surface area contributed by atoms with Crippen molar-refractivity contribution in [3.8, 4) is 0 Å². The van der Waals surface area contributed by atoms with Crippen LogP contribution in [0.3, 0.4) is 0 Å². The van der Waals surface area contributed by atoms with Gasteiger partial charge in [0.05, 0.1) is 11.9 Å². The number of carbonyl (C=O) groups is 2. The Morgan fingerprint density at radius 1 is 1.12 bits per heavy atom. The van der Waals surface area contributed by atoms with E-state index in [9.17, 15) is 22.4 Å². The molecule has 10 heteroatoms. The molecule has 33 heavy (non-hydrogen) atoms. The lowest BCUT2D eigenvalue weighted by Crippen LogP contribution is -2.52. The van der Waals surface area contributed by atoms with Gasteiger partial charge in [-0.2, -0.15) is 0 Å². The average Bonchev–Trinajstić information content (AvgIpc) is 2.76. The van der Waals surface area contributed by atoms with Crippen LogP contribution in [-0.2, 0) is 26.2 Å². The van der Waals surface area contributed by atoms with Gasteiger partial charge in [0, 0.05) is 18.1 Å². The zero-order chi connectivity index (χ0) is 24.6. The minimum absolute atomic E-state index is 0.0112. The fraction of sp³-hybridized carbons (Fsp3) is 0.391. The molecule has 2 aromatic carbocycles. The smallest absolute Gasteiger partial charge is 0.244 e. The van der Waals surface area contributed by atoms with Crippen molar-refractivity contribution < 1.29 is 22.4 Å². The van der Waals surface area contributed by atoms with E-state index < -0.39 is 34.3 Å². The van der Waals surface area contributed by atoms with E-state index in [1.807, 2.05) is 6.92 Å². The molecule has 1 unspecified atom stereocenters. The fourth-order valence-electron chi connectivity index (χ4n) is 3.34. The van der Waals surface area contributed by atoms with Gasteiger partial charge in [-0.1, -0.05) is 49.7 Å². The maximum Gasteiger partial charge on any atom is 0.244 e. The van der Waals surface area contributed by atoms with E-state index in [1.165, 1.54) is 23.1 Å². The van der Waals surface area contributed by atoms with E-state index in [-0.39, 0.29) is 18.1 Å². The molecule has 0 saturated carbocycles. The Hall–Kier alpha value is -2.65. The van der Waals surface area contributed by atoms with Crippen LogP contribution in [0.25, 0.3) is 0 Å². The first-order valence-electron chi connectivity index (χ1n) is 10.6. The second kappa shape index (κ2) is 12.0. The largest absolute Gasteiger partial charge is 0.354 e. The number of halogens is 2. The van der Waals surface area contributed by atoms with Gasteiger partial charge in [-0.25, -0.2) is 12.8 Å². The summed E-state index contributed by atoms with van der Waals surface area (Å²) in [6.45, 7) is 3.55. The monoisotopic (exact) mass is 497 g/mol. The maximum atomic E-state index is 13.8. The van der Waals surface area contributed by atoms with E-state index in [1.54, 1.807) is 31.2 Å². The Balaban J connectivity index is 2.44. The molecule has 1 N–H and O–H groups in total. The van der Waals surface area contributed by atoms with Crippen molar-refractivity contribution in [1.29, 1.82) is 0 Å². The molecule has 0 spiro atoms. The molecule has 0 radical (unpaired) electrons. The van der Waals surface area contributed by atoms with E-state index in [0.29, 0.717) is 23.6 Å². The quantitative estimate of drug-likeness (QED) is 0.514. The lowest BCUT2D eigenvalue weighted by atomic mass is 10.1. The van der Waals surface area contributed by atoms with Gasteiger partial charge in [0.15, 0.2) is 0 Å². The molecule has 0 heterocycles. The summed E-state index contributed by atoms with van der Waals surface area (Å²) in [6.07, 6.45) is 1.97. The van der Waals surface area contributed by atoms with Crippen molar-refractivity contribution in [2.24, 2.45) is 0 Å². The highest BCUT2D eigenvalue weighted by molar-refractivity contribution is 7.92. The van der Waals surface area contributed by atoms with Crippen LogP contribution in [0, 0.1) is 5.82 Å². The summed E-state index contributed by atoms with van der Waals surface area (Å²) in [5.74, 6) is -1.58. The molecule has 0 aliphatic carbocycles. The highest BCUT2D eigenvalue weighted by Crippen LogP contribution is 2.22. The van der Waals surface area contributed by atoms with Gasteiger partial charge >= 0.3 is 0 Å². The van der Waals surface area contributed by atoms with Crippen molar-refractivity contribution >= 4 is 39.1 Å². The molecule has 0 aliphatic heterocycles. The van der Waals surface area contributed by atoms with Gasteiger partial charge < -0.3 is 10.2 Å². The van der Waals surface area contributed by atoms with Crippen LogP contribution < -0.4 is 9.62 Å². The van der Waals surface area contributed by atoms with Crippen molar-refractivity contribution in [1.82, 2.24) is 10.2 Å². The summed E-state index contributed by atoms with van der Waals surface area (Å²) in [5, 5.41) is 3.22. The van der Waals surface area contributed by atoms with Gasteiger partial charge in [-0.15, -0.1) is 0 Å². The number of nitrogens with zero attached hydrogens (tertiary/aromatic N) is 2. The SMILES string of the molecule is CCCNC(=O)C(CC)N(Cc1ccccc1Cl)C(=O)CN(c1cccc(F)c1)S(C)(=O)=O. The van der Waals surface area contributed by atoms with Crippen LogP contribution in [-0.4, -0.2) is 50.5 Å². The highest BCUT2D eigenvalue weighted by atomic mass is 35.5. The lowest BCUT2D eigenvalue weighted by molar-refractivity contribution is -0.140. The second-order valence-electron chi connectivity index (χ2n) is 7.58. The Bertz CT molecular complexity index is 1080. The van der Waals surface area contributed by atoms with Crippen LogP contribution in [0.4, 0.5) is 10.1 Å². The summed E-state index contributed by atoms with van der Waals surface area (Å²) >= 11 is 6.29. The van der Waals surface area contributed by atoms with Crippen molar-refractivity contribution in [2.75, 3.05) is 23.7 Å². The summed E-state index contributed by atoms with van der Waals surface area (Å²) < 4.78 is 39.5. The summed E-state index contributed by atoms with van der Waals surface area (Å²) in [6, 6.07) is 11.1. The molecule has 0 aliphatic rings. The number of rotatable bonds is 11. The number of amides is 2. The molecule has 0 aromatic heterocycles. The van der Waals surface area contributed by atoms with Gasteiger partial charge in [0.25, 0.3) is 0 Å². The first kappa shape index (κ1) is 26.6. The third-order valence-electron chi connectivity index (χ3n) is 5.01. The molecule has 2 rings (SSSR count). The lowest BCUT2D eigenvalue weighted by Gasteiger charge is -2.33. The molecular weight excluding hydrogens is 469 g/mol. The molecule has 0 saturated heterocycles. The minimum atomic E-state index is -3.92.